The van der Waals surface area contributed by atoms with Crippen molar-refractivity contribution in [3.05, 3.63) is 24.3 Å². The predicted octanol–water partition coefficient (Wildman–Crippen LogP) is 3.11. The van der Waals surface area contributed by atoms with E-state index in [0.29, 0.717) is 6.54 Å². The number of aromatic hydroxyl groups is 1. The summed E-state index contributed by atoms with van der Waals surface area (Å²) in [6.07, 6.45) is 2.03. The number of nitrogens with zero attached hydrogens (tertiary/aromatic N) is 1. The number of benzene rings is 1. The molecular weight excluding hydrogens is 242 g/mol. The number of aliphatic carboxylic acids is 1. The van der Waals surface area contributed by atoms with Crippen LogP contribution in [0.15, 0.2) is 24.3 Å². The van der Waals surface area contributed by atoms with Crippen LogP contribution in [0.4, 0.5) is 5.69 Å². The minimum Gasteiger partial charge on any atom is -0.506 e. The first kappa shape index (κ1) is 15.3. The van der Waals surface area contributed by atoms with Gasteiger partial charge in [0, 0.05) is 19.5 Å². The van der Waals surface area contributed by atoms with E-state index in [1.807, 2.05) is 24.0 Å². The lowest BCUT2D eigenvalue weighted by Crippen LogP contribution is -2.30. The number of carboxylic acids is 1. The van der Waals surface area contributed by atoms with Gasteiger partial charge in [0.1, 0.15) is 5.75 Å². The second kappa shape index (κ2) is 7.67. The number of carboxylic acid groups (broad SMARTS) is 1. The highest BCUT2D eigenvalue weighted by molar-refractivity contribution is 5.67. The van der Waals surface area contributed by atoms with Crippen molar-refractivity contribution in [2.75, 3.05) is 18.0 Å². The number of phenols is 1. The van der Waals surface area contributed by atoms with E-state index in [9.17, 15) is 9.90 Å². The van der Waals surface area contributed by atoms with Gasteiger partial charge < -0.3 is 15.1 Å². The molecule has 1 rings (SSSR count). The monoisotopic (exact) mass is 265 g/mol. The second-order valence-corrected chi connectivity index (χ2v) is 4.78. The molecule has 0 saturated carbocycles. The largest absolute Gasteiger partial charge is 0.506 e. The number of phenolic OH excluding ortho intramolecular Hbond substituents is 1. The zero-order chi connectivity index (χ0) is 14.3. The highest BCUT2D eigenvalue weighted by Crippen LogP contribution is 2.28. The lowest BCUT2D eigenvalue weighted by molar-refractivity contribution is -0.138. The fourth-order valence-electron chi connectivity index (χ4n) is 2.35. The van der Waals surface area contributed by atoms with Crippen LogP contribution in [0.5, 0.6) is 5.75 Å². The number of anilines is 1. The van der Waals surface area contributed by atoms with Crippen molar-refractivity contribution in [2.45, 2.75) is 33.1 Å². The van der Waals surface area contributed by atoms with E-state index in [1.165, 1.54) is 0 Å². The van der Waals surface area contributed by atoms with E-state index in [0.717, 1.165) is 25.1 Å². The molecule has 19 heavy (non-hydrogen) atoms. The van der Waals surface area contributed by atoms with Crippen molar-refractivity contribution < 1.29 is 15.0 Å². The third-order valence-electron chi connectivity index (χ3n) is 3.24. The summed E-state index contributed by atoms with van der Waals surface area (Å²) in [5.74, 6) is -0.399. The molecule has 1 atom stereocenters. The lowest BCUT2D eigenvalue weighted by atomic mass is 9.99. The fourth-order valence-corrected chi connectivity index (χ4v) is 2.35. The highest BCUT2D eigenvalue weighted by Gasteiger charge is 2.17. The molecule has 0 heterocycles. The number of carbonyl (C=O) groups is 1. The molecule has 0 aromatic heterocycles. The van der Waals surface area contributed by atoms with Gasteiger partial charge in [0.2, 0.25) is 0 Å². The second-order valence-electron chi connectivity index (χ2n) is 4.78. The van der Waals surface area contributed by atoms with Gasteiger partial charge in [-0.2, -0.15) is 0 Å². The Labute approximate surface area is 114 Å². The Balaban J connectivity index is 2.79. The number of rotatable bonds is 8. The number of hydrogen-bond acceptors (Lipinski definition) is 3. The molecule has 106 valence electrons. The predicted molar refractivity (Wildman–Crippen MR) is 76.6 cm³/mol. The molecule has 1 aromatic rings. The highest BCUT2D eigenvalue weighted by atomic mass is 16.4. The number of para-hydroxylation sites is 2. The number of hydrogen-bond donors (Lipinski definition) is 2. The summed E-state index contributed by atoms with van der Waals surface area (Å²) >= 11 is 0. The summed E-state index contributed by atoms with van der Waals surface area (Å²) in [5, 5.41) is 18.8. The summed E-state index contributed by atoms with van der Waals surface area (Å²) in [5.41, 5.74) is 0.775. The van der Waals surface area contributed by atoms with Crippen molar-refractivity contribution in [1.82, 2.24) is 0 Å². The first-order valence-corrected chi connectivity index (χ1v) is 6.83. The minimum atomic E-state index is -0.758. The molecule has 0 aliphatic carbocycles. The van der Waals surface area contributed by atoms with Gasteiger partial charge in [0.25, 0.3) is 0 Å². The fraction of sp³-hybridized carbons (Fsp3) is 0.533. The van der Waals surface area contributed by atoms with Gasteiger partial charge in [-0.1, -0.05) is 25.5 Å². The molecule has 0 fully saturated rings. The Bertz CT molecular complexity index is 406. The van der Waals surface area contributed by atoms with Crippen molar-refractivity contribution in [2.24, 2.45) is 5.92 Å². The topological polar surface area (TPSA) is 60.8 Å². The molecule has 4 nitrogen and oxygen atoms in total. The average Bonchev–Trinajstić information content (AvgIpc) is 2.36. The maximum Gasteiger partial charge on any atom is 0.303 e. The quantitative estimate of drug-likeness (QED) is 0.758. The van der Waals surface area contributed by atoms with Crippen LogP contribution in [-0.2, 0) is 4.79 Å². The zero-order valence-electron chi connectivity index (χ0n) is 11.7. The Morgan fingerprint density at radius 1 is 1.32 bits per heavy atom. The molecule has 1 aromatic carbocycles. The maximum atomic E-state index is 10.9. The molecule has 2 N–H and O–H groups in total. The van der Waals surface area contributed by atoms with Crippen LogP contribution in [-0.4, -0.2) is 29.3 Å². The first-order chi connectivity index (χ1) is 9.08. The molecular formula is C15H23NO3. The van der Waals surface area contributed by atoms with Gasteiger partial charge in [-0.25, -0.2) is 0 Å². The molecule has 0 saturated heterocycles. The van der Waals surface area contributed by atoms with Crippen LogP contribution in [0.3, 0.4) is 0 Å². The van der Waals surface area contributed by atoms with Gasteiger partial charge in [-0.3, -0.25) is 4.79 Å². The van der Waals surface area contributed by atoms with Crippen LogP contribution >= 0.6 is 0 Å². The summed E-state index contributed by atoms with van der Waals surface area (Å²) in [7, 11) is 0. The van der Waals surface area contributed by atoms with E-state index in [-0.39, 0.29) is 18.1 Å². The van der Waals surface area contributed by atoms with E-state index < -0.39 is 5.97 Å². The van der Waals surface area contributed by atoms with Gasteiger partial charge in [0.15, 0.2) is 0 Å². The summed E-state index contributed by atoms with van der Waals surface area (Å²) < 4.78 is 0. The third kappa shape index (κ3) is 4.81. The third-order valence-corrected chi connectivity index (χ3v) is 3.24. The van der Waals surface area contributed by atoms with Gasteiger partial charge in [0.05, 0.1) is 5.69 Å². The first-order valence-electron chi connectivity index (χ1n) is 6.83. The molecule has 0 aliphatic rings. The Hall–Kier alpha value is -1.71. The van der Waals surface area contributed by atoms with Crippen LogP contribution in [0.2, 0.25) is 0 Å². The molecule has 0 radical (unpaired) electrons. The van der Waals surface area contributed by atoms with Crippen LogP contribution in [0, 0.1) is 5.92 Å². The van der Waals surface area contributed by atoms with E-state index in [1.54, 1.807) is 12.1 Å². The lowest BCUT2D eigenvalue weighted by Gasteiger charge is -2.28. The Morgan fingerprint density at radius 3 is 2.53 bits per heavy atom. The van der Waals surface area contributed by atoms with E-state index >= 15 is 0 Å². The summed E-state index contributed by atoms with van der Waals surface area (Å²) in [6, 6.07) is 7.18. The molecule has 0 aliphatic heterocycles. The SMILES string of the molecule is CCC[C@@H](CC(=O)O)CN(CC)c1ccccc1O. The molecule has 0 unspecified atom stereocenters. The maximum absolute atomic E-state index is 10.9. The average molecular weight is 265 g/mol. The molecule has 0 bridgehead atoms. The molecule has 0 spiro atoms. The van der Waals surface area contributed by atoms with Crippen molar-refractivity contribution in [3.8, 4) is 5.75 Å². The van der Waals surface area contributed by atoms with Crippen molar-refractivity contribution in [3.63, 3.8) is 0 Å². The molecule has 0 amide bonds. The van der Waals surface area contributed by atoms with Crippen LogP contribution < -0.4 is 4.90 Å². The van der Waals surface area contributed by atoms with Crippen molar-refractivity contribution in [1.29, 1.82) is 0 Å². The summed E-state index contributed by atoms with van der Waals surface area (Å²) in [6.45, 7) is 5.48. The van der Waals surface area contributed by atoms with Gasteiger partial charge >= 0.3 is 5.97 Å². The van der Waals surface area contributed by atoms with E-state index in [2.05, 4.69) is 6.92 Å². The van der Waals surface area contributed by atoms with Gasteiger partial charge in [-0.05, 0) is 31.4 Å². The van der Waals surface area contributed by atoms with Crippen molar-refractivity contribution >= 4 is 11.7 Å². The van der Waals surface area contributed by atoms with E-state index in [4.69, 9.17) is 5.11 Å². The Morgan fingerprint density at radius 2 is 2.00 bits per heavy atom. The summed E-state index contributed by atoms with van der Waals surface area (Å²) in [4.78, 5) is 12.9. The smallest absolute Gasteiger partial charge is 0.303 e. The molecule has 4 heteroatoms. The Kier molecular flexibility index (Phi) is 6.19. The van der Waals surface area contributed by atoms with Crippen LogP contribution in [0.1, 0.15) is 33.1 Å². The minimum absolute atomic E-state index is 0.113. The zero-order valence-corrected chi connectivity index (χ0v) is 11.7. The normalized spacial score (nSPS) is 12.1. The standard InChI is InChI=1S/C15H23NO3/c1-3-7-12(10-15(18)19)11-16(4-2)13-8-5-6-9-14(13)17/h5-6,8-9,12,17H,3-4,7,10-11H2,1-2H3,(H,18,19)/t12-/m0/s1. The van der Waals surface area contributed by atoms with Gasteiger partial charge in [-0.15, -0.1) is 0 Å². The van der Waals surface area contributed by atoms with Crippen LogP contribution in [0.25, 0.3) is 0 Å².